The van der Waals surface area contributed by atoms with Crippen LogP contribution in [0.4, 0.5) is 17.1 Å². The fourth-order valence-corrected chi connectivity index (χ4v) is 11.7. The molecule has 3 aromatic carbocycles. The summed E-state index contributed by atoms with van der Waals surface area (Å²) in [4.78, 5) is 71.9. The van der Waals surface area contributed by atoms with Crippen molar-refractivity contribution in [2.45, 2.75) is 113 Å². The average Bonchev–Trinajstić information content (AvgIpc) is 3.80. The van der Waals surface area contributed by atoms with Crippen LogP contribution in [0.3, 0.4) is 0 Å². The fourth-order valence-electron chi connectivity index (χ4n) is 11.7. The summed E-state index contributed by atoms with van der Waals surface area (Å²) in [6, 6.07) is 4.08. The van der Waals surface area contributed by atoms with Gasteiger partial charge in [-0.3, -0.25) is 29.0 Å². The number of carbonyl (C=O) groups excluding carboxylic acids is 3. The Hall–Kier alpha value is -6.05. The Morgan fingerprint density at radius 2 is 1.47 bits per heavy atom. The second-order valence-electron chi connectivity index (χ2n) is 22.9. The second-order valence-corrected chi connectivity index (χ2v) is 22.9. The molecular formula is C59H80N6O12. The Bertz CT molecular complexity index is 3040. The number of fused-ring (bicyclic) bond motifs is 2. The molecule has 18 nitrogen and oxygen atoms in total. The van der Waals surface area contributed by atoms with Crippen molar-refractivity contribution in [3.8, 4) is 11.5 Å². The van der Waals surface area contributed by atoms with Crippen molar-refractivity contribution in [3.05, 3.63) is 69.6 Å². The molecule has 1 aromatic heterocycles. The predicted octanol–water partition coefficient (Wildman–Crippen LogP) is 7.55. The van der Waals surface area contributed by atoms with E-state index in [-0.39, 0.29) is 50.0 Å². The van der Waals surface area contributed by atoms with Crippen LogP contribution < -0.4 is 25.3 Å². The number of rotatable bonds is 8. The molecule has 77 heavy (non-hydrogen) atoms. The van der Waals surface area contributed by atoms with Gasteiger partial charge in [0.1, 0.15) is 28.6 Å². The number of methoxy groups -OCH3 is 1. The number of carbonyl (C=O) groups is 3. The van der Waals surface area contributed by atoms with Crippen LogP contribution >= 0.6 is 0 Å². The summed E-state index contributed by atoms with van der Waals surface area (Å²) < 4.78 is 31.3. The van der Waals surface area contributed by atoms with Crippen molar-refractivity contribution < 1.29 is 53.1 Å². The van der Waals surface area contributed by atoms with E-state index in [9.17, 15) is 29.7 Å². The second kappa shape index (κ2) is 23.1. The van der Waals surface area contributed by atoms with Gasteiger partial charge in [-0.2, -0.15) is 0 Å². The number of hydrogen-bond donors (Lipinski definition) is 4. The van der Waals surface area contributed by atoms with E-state index in [1.54, 1.807) is 58.9 Å². The van der Waals surface area contributed by atoms with Crippen LogP contribution in [0.25, 0.3) is 33.0 Å². The third-order valence-electron chi connectivity index (χ3n) is 16.1. The largest absolute Gasteiger partial charge is 0.505 e. The maximum absolute atomic E-state index is 15.2. The predicted molar refractivity (Wildman–Crippen MR) is 299 cm³/mol. The number of esters is 1. The number of aliphatic hydroxyl groups is 2. The van der Waals surface area contributed by atoms with Gasteiger partial charge < -0.3 is 53.8 Å². The standard InChI is InChI=1S/C59H80N6O12/c1-31(2)29-62-18-22-64(23-19-62)40-27-41(65-24-20-63(21-25-65)30-32(3)4)47-43(28-40)76-56-48(60-47)44-45-52(69)38(10)55-46(44)57(71)59(12,77-55)74-26-17-42(73-13)35(7)54(75-39(11)66)37(9)51(68)36(8)50(67)33(5)15-14-16-34(6)58(72)61-49(56)53(45)70/h14-17,26-28,31-33,35-37,42,50-51,54,67-68,70H,18-25,29-30H2,1-13H3,(H,61,72)/b15-14+,26-17+,34-16-. The highest BCUT2D eigenvalue weighted by Gasteiger charge is 2.50. The third kappa shape index (κ3) is 11.5. The summed E-state index contributed by atoms with van der Waals surface area (Å²) in [6.45, 7) is 30.0. The fraction of sp³-hybridized carbons (Fsp3) is 0.576. The number of benzene rings is 3. The number of Topliss-reactive ketones (excluding diaryl/α,β-unsaturated/α-hetero) is 1. The normalized spacial score (nSPS) is 29.0. The van der Waals surface area contributed by atoms with Gasteiger partial charge in [0.05, 0.1) is 41.2 Å². The highest BCUT2D eigenvalue weighted by Crippen LogP contribution is 2.49. The van der Waals surface area contributed by atoms with E-state index >= 15 is 4.79 Å². The van der Waals surface area contributed by atoms with Crippen molar-refractivity contribution in [3.63, 3.8) is 0 Å². The third-order valence-corrected chi connectivity index (χ3v) is 16.1. The molecule has 4 N–H and O–H groups in total. The molecule has 5 heterocycles. The molecule has 8 rings (SSSR count). The lowest BCUT2D eigenvalue weighted by Crippen LogP contribution is -2.48. The van der Waals surface area contributed by atoms with Crippen LogP contribution in [0, 0.1) is 42.4 Å². The number of aromatic hydroxyl groups is 1. The Morgan fingerprint density at radius 1 is 0.844 bits per heavy atom. The highest BCUT2D eigenvalue weighted by molar-refractivity contribution is 6.26. The first-order chi connectivity index (χ1) is 36.4. The summed E-state index contributed by atoms with van der Waals surface area (Å²) in [6.07, 6.45) is 3.77. The van der Waals surface area contributed by atoms with Gasteiger partial charge in [-0.05, 0) is 37.8 Å². The van der Waals surface area contributed by atoms with Crippen molar-refractivity contribution >= 4 is 67.7 Å². The molecule has 1 amide bonds. The minimum atomic E-state index is -2.06. The number of phenolic OH excluding ortho intramolecular Hbond substituents is 1. The maximum Gasteiger partial charge on any atom is 0.312 e. The summed E-state index contributed by atoms with van der Waals surface area (Å²) >= 11 is 0. The van der Waals surface area contributed by atoms with Gasteiger partial charge in [-0.25, -0.2) is 4.98 Å². The van der Waals surface area contributed by atoms with E-state index in [0.29, 0.717) is 36.0 Å². The van der Waals surface area contributed by atoms with Gasteiger partial charge in [0.25, 0.3) is 11.7 Å². The van der Waals surface area contributed by atoms with E-state index in [1.807, 2.05) is 6.07 Å². The minimum absolute atomic E-state index is 0.0114. The zero-order valence-electron chi connectivity index (χ0n) is 47.1. The quantitative estimate of drug-likeness (QED) is 0.0580. The molecule has 0 radical (unpaired) electrons. The first-order valence-corrected chi connectivity index (χ1v) is 27.3. The number of aromatic nitrogens is 1. The van der Waals surface area contributed by atoms with Crippen molar-refractivity contribution in [2.24, 2.45) is 35.5 Å². The van der Waals surface area contributed by atoms with Crippen molar-refractivity contribution in [2.75, 3.05) is 87.7 Å². The lowest BCUT2D eigenvalue weighted by molar-refractivity contribution is -0.160. The summed E-state index contributed by atoms with van der Waals surface area (Å²) in [7, 11) is 1.47. The SMILES string of the molecule is COC1/C=C/OC2(C)Oc3c(C)c(=O)c4c(O)c(c5oc6cc(N7CCN(CC(C)C)CC7)cc(N7CCN(CC(C)C)CC7)c6nc5c4c3C2=O)NC(=O)/C(C)=C\C=C\C(C)C(O)C(C)C(O)C(C)C(OC(C)=O)C1C. The van der Waals surface area contributed by atoms with E-state index in [4.69, 9.17) is 28.3 Å². The van der Waals surface area contributed by atoms with Crippen LogP contribution in [-0.4, -0.2) is 151 Å². The van der Waals surface area contributed by atoms with Crippen LogP contribution in [0.15, 0.2) is 57.5 Å². The Labute approximate surface area is 451 Å². The molecule has 9 unspecified atom stereocenters. The Balaban J connectivity index is 1.35. The molecule has 418 valence electrons. The number of allylic oxidation sites excluding steroid dienone is 2. The van der Waals surface area contributed by atoms with Gasteiger partial charge in [-0.15, -0.1) is 0 Å². The van der Waals surface area contributed by atoms with Crippen molar-refractivity contribution in [1.82, 2.24) is 14.8 Å². The smallest absolute Gasteiger partial charge is 0.312 e. The summed E-state index contributed by atoms with van der Waals surface area (Å²) in [5.74, 6) is -6.15. The summed E-state index contributed by atoms with van der Waals surface area (Å²) in [5.41, 5.74) is 1.77. The van der Waals surface area contributed by atoms with E-state index in [1.165, 1.54) is 34.1 Å². The summed E-state index contributed by atoms with van der Waals surface area (Å²) in [5, 5.41) is 38.4. The lowest BCUT2D eigenvalue weighted by atomic mass is 9.78. The monoisotopic (exact) mass is 1060 g/mol. The molecular weight excluding hydrogens is 985 g/mol. The van der Waals surface area contributed by atoms with Gasteiger partial charge >= 0.3 is 11.8 Å². The number of anilines is 3. The number of aliphatic hydroxyl groups excluding tert-OH is 2. The minimum Gasteiger partial charge on any atom is -0.505 e. The molecule has 4 bridgehead atoms. The highest BCUT2D eigenvalue weighted by atomic mass is 16.7. The molecule has 9 atom stereocenters. The molecule has 18 heteroatoms. The molecule has 0 spiro atoms. The van der Waals surface area contributed by atoms with Gasteiger partial charge in [0.2, 0.25) is 0 Å². The molecule has 4 aliphatic heterocycles. The molecule has 2 saturated heterocycles. The number of phenols is 1. The average molecular weight is 1070 g/mol. The maximum atomic E-state index is 15.2. The zero-order chi connectivity index (χ0) is 55.9. The van der Waals surface area contributed by atoms with Crippen LogP contribution in [-0.2, 0) is 23.8 Å². The topological polar surface area (TPSA) is 217 Å². The molecule has 4 aromatic rings. The molecule has 0 aliphatic carbocycles. The van der Waals surface area contributed by atoms with Crippen LogP contribution in [0.1, 0.15) is 92.1 Å². The number of amides is 1. The van der Waals surface area contributed by atoms with Crippen molar-refractivity contribution in [1.29, 1.82) is 0 Å². The number of ether oxygens (including phenoxy) is 4. The molecule has 2 fully saturated rings. The van der Waals surface area contributed by atoms with Crippen LogP contribution in [0.5, 0.6) is 11.5 Å². The lowest BCUT2D eigenvalue weighted by Gasteiger charge is -2.39. The zero-order valence-corrected chi connectivity index (χ0v) is 47.1. The number of hydrogen-bond acceptors (Lipinski definition) is 17. The van der Waals surface area contributed by atoms with Gasteiger partial charge in [-0.1, -0.05) is 73.6 Å². The number of piperazine rings is 2. The number of ketones is 1. The Morgan fingerprint density at radius 3 is 2.06 bits per heavy atom. The Kier molecular flexibility index (Phi) is 17.1. The van der Waals surface area contributed by atoms with Crippen LogP contribution in [0.2, 0.25) is 0 Å². The van der Waals surface area contributed by atoms with E-state index < -0.39 is 82.7 Å². The van der Waals surface area contributed by atoms with Gasteiger partial charge in [0, 0.05) is 138 Å². The number of nitrogens with one attached hydrogen (secondary N) is 1. The number of nitrogens with zero attached hydrogens (tertiary/aromatic N) is 5. The van der Waals surface area contributed by atoms with E-state index in [2.05, 4.69) is 58.7 Å². The first kappa shape index (κ1) is 57.1. The molecule has 0 saturated carbocycles. The van der Waals surface area contributed by atoms with Gasteiger partial charge in [0.15, 0.2) is 22.3 Å². The van der Waals surface area contributed by atoms with E-state index in [0.717, 1.165) is 63.7 Å². The first-order valence-electron chi connectivity index (χ1n) is 27.3. The molecule has 4 aliphatic rings.